The zero-order valence-corrected chi connectivity index (χ0v) is 26.7. The number of nitrogens with zero attached hydrogens (tertiary/aromatic N) is 6. The van der Waals surface area contributed by atoms with Crippen LogP contribution in [0.15, 0.2) is 93.8 Å². The SMILES string of the molecule is CCOc1ccc(/C=C2\CCC[C@@H]3C2=NN(C(=O)CN2N=N[C@@H]4C(=O)N(c5cccc(F)c5)C(=O)[C@H]42)[C@H]3c2ccc(OCC)cc2)cc1. The first-order valence-electron chi connectivity index (χ1n) is 16.2. The van der Waals surface area contributed by atoms with Crippen molar-refractivity contribution in [2.75, 3.05) is 24.7 Å². The maximum atomic E-state index is 14.2. The third-order valence-electron chi connectivity index (χ3n) is 9.04. The van der Waals surface area contributed by atoms with E-state index in [1.807, 2.05) is 62.4 Å². The van der Waals surface area contributed by atoms with Gasteiger partial charge in [0.25, 0.3) is 17.7 Å². The highest BCUT2D eigenvalue weighted by atomic mass is 19.1. The highest BCUT2D eigenvalue weighted by Crippen LogP contribution is 2.45. The Labute approximate surface area is 277 Å². The molecule has 0 N–H and O–H groups in total. The number of benzene rings is 3. The number of allylic oxidation sites excluding steroid dienone is 1. The average Bonchev–Trinajstić information content (AvgIpc) is 3.75. The normalized spacial score (nSPS) is 23.9. The van der Waals surface area contributed by atoms with Gasteiger partial charge in [0.05, 0.1) is 30.7 Å². The number of amides is 3. The van der Waals surface area contributed by atoms with Crippen LogP contribution in [0.3, 0.4) is 0 Å². The number of hydrogen-bond donors (Lipinski definition) is 0. The van der Waals surface area contributed by atoms with Crippen LogP contribution < -0.4 is 14.4 Å². The first-order chi connectivity index (χ1) is 23.4. The van der Waals surface area contributed by atoms with Gasteiger partial charge in [-0.05, 0) is 98.4 Å². The molecule has 0 unspecified atom stereocenters. The lowest BCUT2D eigenvalue weighted by Gasteiger charge is -2.30. The number of anilines is 1. The van der Waals surface area contributed by atoms with Gasteiger partial charge in [-0.2, -0.15) is 10.2 Å². The number of carbonyl (C=O) groups excluding carboxylic acids is 3. The highest BCUT2D eigenvalue weighted by molar-refractivity contribution is 6.25. The number of halogens is 1. The van der Waals surface area contributed by atoms with Gasteiger partial charge in [-0.25, -0.2) is 14.3 Å². The molecular weight excluding hydrogens is 615 g/mol. The summed E-state index contributed by atoms with van der Waals surface area (Å²) < 4.78 is 25.2. The largest absolute Gasteiger partial charge is 0.494 e. The molecule has 1 saturated heterocycles. The van der Waals surface area contributed by atoms with Crippen LogP contribution in [0.25, 0.3) is 6.08 Å². The van der Waals surface area contributed by atoms with E-state index in [-0.39, 0.29) is 24.1 Å². The van der Waals surface area contributed by atoms with Crippen LogP contribution >= 0.6 is 0 Å². The predicted molar refractivity (Wildman–Crippen MR) is 176 cm³/mol. The minimum absolute atomic E-state index is 0.0549. The van der Waals surface area contributed by atoms with Crippen molar-refractivity contribution in [2.24, 2.45) is 21.4 Å². The molecule has 7 rings (SSSR count). The molecule has 1 saturated carbocycles. The topological polar surface area (TPSA) is 116 Å². The molecule has 4 aliphatic rings. The van der Waals surface area contributed by atoms with E-state index < -0.39 is 35.8 Å². The Balaban J connectivity index is 1.18. The van der Waals surface area contributed by atoms with E-state index in [4.69, 9.17) is 14.6 Å². The Hall–Kier alpha value is -5.39. The first-order valence-corrected chi connectivity index (χ1v) is 16.2. The number of ether oxygens (including phenoxy) is 2. The van der Waals surface area contributed by atoms with Gasteiger partial charge in [-0.15, -0.1) is 0 Å². The average molecular weight is 651 g/mol. The number of fused-ring (bicyclic) bond motifs is 2. The third-order valence-corrected chi connectivity index (χ3v) is 9.04. The lowest BCUT2D eigenvalue weighted by molar-refractivity contribution is -0.136. The first kappa shape index (κ1) is 31.2. The molecule has 0 radical (unpaired) electrons. The number of hydrazone groups is 1. The maximum Gasteiger partial charge on any atom is 0.264 e. The van der Waals surface area contributed by atoms with Crippen molar-refractivity contribution in [3.05, 3.63) is 95.3 Å². The van der Waals surface area contributed by atoms with Crippen LogP contribution in [0.1, 0.15) is 50.3 Å². The van der Waals surface area contributed by atoms with E-state index in [0.29, 0.717) is 13.2 Å². The van der Waals surface area contributed by atoms with E-state index in [1.165, 1.54) is 28.2 Å². The van der Waals surface area contributed by atoms with Crippen molar-refractivity contribution in [3.63, 3.8) is 0 Å². The molecule has 3 aliphatic heterocycles. The molecule has 12 heteroatoms. The Morgan fingerprint density at radius 2 is 1.65 bits per heavy atom. The quantitative estimate of drug-likeness (QED) is 0.273. The molecule has 11 nitrogen and oxygen atoms in total. The molecule has 3 aromatic rings. The van der Waals surface area contributed by atoms with Crippen LogP contribution in [0.2, 0.25) is 0 Å². The summed E-state index contributed by atoms with van der Waals surface area (Å²) >= 11 is 0. The molecule has 4 atom stereocenters. The van der Waals surface area contributed by atoms with Gasteiger partial charge < -0.3 is 9.47 Å². The summed E-state index contributed by atoms with van der Waals surface area (Å²) in [5.41, 5.74) is 3.94. The fourth-order valence-corrected chi connectivity index (χ4v) is 6.93. The minimum Gasteiger partial charge on any atom is -0.494 e. The number of rotatable bonds is 9. The number of imide groups is 1. The van der Waals surface area contributed by atoms with E-state index in [0.717, 1.165) is 64.1 Å². The molecular formula is C36H35FN6O5. The third kappa shape index (κ3) is 5.71. The highest BCUT2D eigenvalue weighted by Gasteiger charge is 2.55. The van der Waals surface area contributed by atoms with E-state index in [2.05, 4.69) is 16.4 Å². The van der Waals surface area contributed by atoms with Gasteiger partial charge in [0.15, 0.2) is 12.1 Å². The smallest absolute Gasteiger partial charge is 0.264 e. The molecule has 3 amide bonds. The second-order valence-electron chi connectivity index (χ2n) is 12.0. The van der Waals surface area contributed by atoms with Crippen molar-refractivity contribution in [1.82, 2.24) is 10.0 Å². The summed E-state index contributed by atoms with van der Waals surface area (Å²) in [6.07, 6.45) is 4.70. The second kappa shape index (κ2) is 13.0. The molecule has 0 aromatic heterocycles. The molecule has 1 aliphatic carbocycles. The molecule has 3 aromatic carbocycles. The summed E-state index contributed by atoms with van der Waals surface area (Å²) in [6.45, 7) is 4.67. The number of hydrogen-bond acceptors (Lipinski definition) is 9. The second-order valence-corrected chi connectivity index (χ2v) is 12.0. The minimum atomic E-state index is -1.12. The summed E-state index contributed by atoms with van der Waals surface area (Å²) in [6, 6.07) is 18.2. The Bertz CT molecular complexity index is 1820. The van der Waals surface area contributed by atoms with E-state index in [1.54, 1.807) is 0 Å². The summed E-state index contributed by atoms with van der Waals surface area (Å²) in [5.74, 6) is -0.717. The fraction of sp³-hybridized carbons (Fsp3) is 0.333. The van der Waals surface area contributed by atoms with Gasteiger partial charge in [0.2, 0.25) is 0 Å². The van der Waals surface area contributed by atoms with Crippen molar-refractivity contribution in [3.8, 4) is 11.5 Å². The van der Waals surface area contributed by atoms with Crippen molar-refractivity contribution in [2.45, 2.75) is 51.2 Å². The molecule has 0 spiro atoms. The lowest BCUT2D eigenvalue weighted by atomic mass is 9.77. The molecule has 0 bridgehead atoms. The zero-order valence-electron chi connectivity index (χ0n) is 26.7. The zero-order chi connectivity index (χ0) is 33.4. The monoisotopic (exact) mass is 650 g/mol. The standard InChI is InChI=1S/C36H35FN6O5/c1-3-47-27-15-11-22(12-16-27)19-24-7-5-10-29-31(24)39-43(33(29)23-13-17-28(18-14-23)48-4-2)30(44)21-41-34-32(38-40-41)35(45)42(36(34)46)26-9-6-8-25(37)20-26/h6,8-9,11-20,29,32-34H,3-5,7,10,21H2,1-2H3/b24-19+/t29-,32+,33+,34+/m1/s1. The van der Waals surface area contributed by atoms with Gasteiger partial charge in [0, 0.05) is 5.92 Å². The fourth-order valence-electron chi connectivity index (χ4n) is 6.93. The summed E-state index contributed by atoms with van der Waals surface area (Å²) in [4.78, 5) is 41.8. The van der Waals surface area contributed by atoms with Gasteiger partial charge in [-0.1, -0.05) is 35.6 Å². The van der Waals surface area contributed by atoms with Crippen LogP contribution in [-0.4, -0.2) is 65.3 Å². The van der Waals surface area contributed by atoms with Gasteiger partial charge in [-0.3, -0.25) is 19.4 Å². The van der Waals surface area contributed by atoms with E-state index in [9.17, 15) is 18.8 Å². The Kier molecular flexibility index (Phi) is 8.47. The summed E-state index contributed by atoms with van der Waals surface area (Å²) in [5, 5.41) is 15.8. The Morgan fingerprint density at radius 1 is 0.938 bits per heavy atom. The molecule has 48 heavy (non-hydrogen) atoms. The van der Waals surface area contributed by atoms with Crippen LogP contribution in [0.5, 0.6) is 11.5 Å². The molecule has 3 heterocycles. The summed E-state index contributed by atoms with van der Waals surface area (Å²) in [7, 11) is 0. The molecule has 246 valence electrons. The molecule has 2 fully saturated rings. The lowest BCUT2D eigenvalue weighted by Crippen LogP contribution is -2.45. The van der Waals surface area contributed by atoms with Crippen LogP contribution in [0.4, 0.5) is 10.1 Å². The van der Waals surface area contributed by atoms with Crippen molar-refractivity contribution in [1.29, 1.82) is 0 Å². The van der Waals surface area contributed by atoms with Crippen molar-refractivity contribution < 1.29 is 28.2 Å². The van der Waals surface area contributed by atoms with Gasteiger partial charge in [0.1, 0.15) is 23.9 Å². The van der Waals surface area contributed by atoms with Crippen LogP contribution in [0, 0.1) is 11.7 Å². The van der Waals surface area contributed by atoms with Gasteiger partial charge >= 0.3 is 0 Å². The van der Waals surface area contributed by atoms with E-state index >= 15 is 0 Å². The Morgan fingerprint density at radius 3 is 2.33 bits per heavy atom. The van der Waals surface area contributed by atoms with Crippen molar-refractivity contribution >= 4 is 35.2 Å². The number of carbonyl (C=O) groups is 3. The van der Waals surface area contributed by atoms with Crippen LogP contribution in [-0.2, 0) is 14.4 Å². The maximum absolute atomic E-state index is 14.2. The predicted octanol–water partition coefficient (Wildman–Crippen LogP) is 5.74.